The summed E-state index contributed by atoms with van der Waals surface area (Å²) in [5.41, 5.74) is 2.77. The zero-order valence-corrected chi connectivity index (χ0v) is 17.4. The molecule has 0 aromatic heterocycles. The third-order valence-corrected chi connectivity index (χ3v) is 5.82. The first kappa shape index (κ1) is 18.6. The van der Waals surface area contributed by atoms with Crippen molar-refractivity contribution < 1.29 is 19.0 Å². The molecule has 1 aliphatic heterocycles. The highest BCUT2D eigenvalue weighted by Gasteiger charge is 2.31. The van der Waals surface area contributed by atoms with Gasteiger partial charge in [-0.2, -0.15) is 0 Å². The molecule has 5 nitrogen and oxygen atoms in total. The standard InChI is InChI=1S/C22H20BrNO4/c1-26-18-11-20(28-3)19(27-2)9-15(18)14-10-21(25)24-22-13-7-5-4-6-12(13)17(23)8-16(14)22/h4-9,11,14H,10H2,1-3H3,(H,24,25)/t14-/m1/s1. The van der Waals surface area contributed by atoms with Gasteiger partial charge >= 0.3 is 0 Å². The van der Waals surface area contributed by atoms with Crippen LogP contribution in [-0.2, 0) is 4.79 Å². The number of anilines is 1. The lowest BCUT2D eigenvalue weighted by atomic mass is 9.82. The molecule has 1 heterocycles. The lowest BCUT2D eigenvalue weighted by Crippen LogP contribution is -2.24. The number of carbonyl (C=O) groups excluding carboxylic acids is 1. The van der Waals surface area contributed by atoms with E-state index in [0.29, 0.717) is 23.7 Å². The maximum absolute atomic E-state index is 12.6. The number of nitrogens with one attached hydrogen (secondary N) is 1. The van der Waals surface area contributed by atoms with E-state index in [4.69, 9.17) is 14.2 Å². The van der Waals surface area contributed by atoms with Crippen LogP contribution in [0, 0.1) is 0 Å². The predicted molar refractivity (Wildman–Crippen MR) is 113 cm³/mol. The van der Waals surface area contributed by atoms with E-state index in [1.165, 1.54) is 0 Å². The van der Waals surface area contributed by atoms with Crippen molar-refractivity contribution >= 4 is 38.3 Å². The monoisotopic (exact) mass is 441 g/mol. The molecule has 1 amide bonds. The Morgan fingerprint density at radius 2 is 1.54 bits per heavy atom. The second kappa shape index (κ2) is 7.36. The molecule has 0 saturated heterocycles. The van der Waals surface area contributed by atoms with Crippen LogP contribution in [0.1, 0.15) is 23.5 Å². The van der Waals surface area contributed by atoms with Gasteiger partial charge in [-0.05, 0) is 23.1 Å². The normalized spacial score (nSPS) is 15.7. The van der Waals surface area contributed by atoms with Crippen LogP contribution in [0.3, 0.4) is 0 Å². The lowest BCUT2D eigenvalue weighted by molar-refractivity contribution is -0.116. The van der Waals surface area contributed by atoms with Gasteiger partial charge in [0.1, 0.15) is 5.75 Å². The molecule has 0 saturated carbocycles. The van der Waals surface area contributed by atoms with Gasteiger partial charge in [-0.3, -0.25) is 4.79 Å². The van der Waals surface area contributed by atoms with Crippen LogP contribution in [0.25, 0.3) is 10.8 Å². The van der Waals surface area contributed by atoms with Crippen molar-refractivity contribution in [1.82, 2.24) is 0 Å². The Morgan fingerprint density at radius 1 is 0.893 bits per heavy atom. The summed E-state index contributed by atoms with van der Waals surface area (Å²) in [6, 6.07) is 13.8. The minimum absolute atomic E-state index is 0.0261. The number of ether oxygens (including phenoxy) is 3. The number of rotatable bonds is 4. The van der Waals surface area contributed by atoms with Crippen molar-refractivity contribution in [3.63, 3.8) is 0 Å². The Morgan fingerprint density at radius 3 is 2.21 bits per heavy atom. The van der Waals surface area contributed by atoms with Gasteiger partial charge in [-0.15, -0.1) is 0 Å². The third-order valence-electron chi connectivity index (χ3n) is 5.17. The molecule has 0 aliphatic carbocycles. The Labute approximate surface area is 171 Å². The number of fused-ring (bicyclic) bond motifs is 3. The number of amides is 1. The number of carbonyl (C=O) groups is 1. The van der Waals surface area contributed by atoms with Crippen LogP contribution in [0.4, 0.5) is 5.69 Å². The Balaban J connectivity index is 1.97. The topological polar surface area (TPSA) is 56.8 Å². The molecule has 0 bridgehead atoms. The first-order valence-electron chi connectivity index (χ1n) is 8.88. The SMILES string of the molecule is COc1cc(OC)c([C@H]2CC(=O)Nc3c2cc(Br)c2ccccc32)cc1OC. The molecular weight excluding hydrogens is 422 g/mol. The lowest BCUT2D eigenvalue weighted by Gasteiger charge is -2.29. The molecule has 4 rings (SSSR count). The smallest absolute Gasteiger partial charge is 0.225 e. The van der Waals surface area contributed by atoms with Crippen molar-refractivity contribution in [3.05, 3.63) is 58.1 Å². The number of benzene rings is 3. The average molecular weight is 442 g/mol. The van der Waals surface area contributed by atoms with Gasteiger partial charge in [-0.25, -0.2) is 0 Å². The Kier molecular flexibility index (Phi) is 4.89. The van der Waals surface area contributed by atoms with E-state index in [-0.39, 0.29) is 11.8 Å². The van der Waals surface area contributed by atoms with E-state index < -0.39 is 0 Å². The highest BCUT2D eigenvalue weighted by atomic mass is 79.9. The van der Waals surface area contributed by atoms with Crippen LogP contribution >= 0.6 is 15.9 Å². The van der Waals surface area contributed by atoms with Gasteiger partial charge in [0.05, 0.1) is 27.0 Å². The van der Waals surface area contributed by atoms with E-state index in [0.717, 1.165) is 32.1 Å². The fourth-order valence-corrected chi connectivity index (χ4v) is 4.45. The summed E-state index contributed by atoms with van der Waals surface area (Å²) in [5, 5.41) is 5.12. The van der Waals surface area contributed by atoms with Crippen molar-refractivity contribution in [2.75, 3.05) is 26.6 Å². The molecule has 144 valence electrons. The van der Waals surface area contributed by atoms with Crippen LogP contribution in [0.5, 0.6) is 17.2 Å². The summed E-state index contributed by atoms with van der Waals surface area (Å²) in [6.07, 6.45) is 0.323. The zero-order chi connectivity index (χ0) is 19.8. The largest absolute Gasteiger partial charge is 0.496 e. The molecule has 6 heteroatoms. The van der Waals surface area contributed by atoms with Gasteiger partial charge in [0.25, 0.3) is 0 Å². The van der Waals surface area contributed by atoms with Crippen LogP contribution in [0.15, 0.2) is 46.9 Å². The second-order valence-electron chi connectivity index (χ2n) is 6.62. The molecule has 0 fully saturated rings. The molecule has 3 aromatic carbocycles. The summed E-state index contributed by atoms with van der Waals surface area (Å²) in [7, 11) is 4.80. The van der Waals surface area contributed by atoms with E-state index >= 15 is 0 Å². The minimum Gasteiger partial charge on any atom is -0.496 e. The number of hydrogen-bond donors (Lipinski definition) is 1. The quantitative estimate of drug-likeness (QED) is 0.611. The minimum atomic E-state index is -0.167. The Bertz CT molecular complexity index is 1080. The summed E-state index contributed by atoms with van der Waals surface area (Å²) in [6.45, 7) is 0. The van der Waals surface area contributed by atoms with Gasteiger partial charge < -0.3 is 19.5 Å². The van der Waals surface area contributed by atoms with Crippen molar-refractivity contribution in [2.45, 2.75) is 12.3 Å². The van der Waals surface area contributed by atoms with Crippen molar-refractivity contribution in [3.8, 4) is 17.2 Å². The van der Waals surface area contributed by atoms with Crippen LogP contribution in [-0.4, -0.2) is 27.2 Å². The molecule has 0 radical (unpaired) electrons. The van der Waals surface area contributed by atoms with E-state index in [1.54, 1.807) is 27.4 Å². The highest BCUT2D eigenvalue weighted by molar-refractivity contribution is 9.10. The molecule has 1 atom stereocenters. The second-order valence-corrected chi connectivity index (χ2v) is 7.48. The highest BCUT2D eigenvalue weighted by Crippen LogP contribution is 2.47. The number of hydrogen-bond acceptors (Lipinski definition) is 4. The molecular formula is C22H20BrNO4. The van der Waals surface area contributed by atoms with Crippen LogP contribution in [0.2, 0.25) is 0 Å². The maximum atomic E-state index is 12.6. The fraction of sp³-hybridized carbons (Fsp3) is 0.227. The van der Waals surface area contributed by atoms with Crippen molar-refractivity contribution in [2.24, 2.45) is 0 Å². The van der Waals surface area contributed by atoms with Crippen LogP contribution < -0.4 is 19.5 Å². The van der Waals surface area contributed by atoms with Gasteiger partial charge in [0.2, 0.25) is 5.91 Å². The summed E-state index contributed by atoms with van der Waals surface area (Å²) in [5.74, 6) is 1.66. The fourth-order valence-electron chi connectivity index (χ4n) is 3.85. The molecule has 3 aromatic rings. The van der Waals surface area contributed by atoms with Gasteiger partial charge in [0.15, 0.2) is 11.5 Å². The first-order chi connectivity index (χ1) is 13.6. The van der Waals surface area contributed by atoms with Gasteiger partial charge in [-0.1, -0.05) is 40.2 Å². The Hall–Kier alpha value is -2.73. The predicted octanol–water partition coefficient (Wildman–Crippen LogP) is 5.10. The zero-order valence-electron chi connectivity index (χ0n) is 15.8. The summed E-state index contributed by atoms with van der Waals surface area (Å²) < 4.78 is 17.5. The molecule has 0 unspecified atom stereocenters. The van der Waals surface area contributed by atoms with E-state index in [1.807, 2.05) is 30.3 Å². The third kappa shape index (κ3) is 2.98. The number of halogens is 1. The van der Waals surface area contributed by atoms with Gasteiger partial charge in [0, 0.05) is 33.8 Å². The molecule has 1 aliphatic rings. The average Bonchev–Trinajstić information content (AvgIpc) is 2.73. The summed E-state index contributed by atoms with van der Waals surface area (Å²) >= 11 is 3.69. The molecule has 1 N–H and O–H groups in total. The summed E-state index contributed by atoms with van der Waals surface area (Å²) in [4.78, 5) is 12.6. The number of methoxy groups -OCH3 is 3. The maximum Gasteiger partial charge on any atom is 0.225 e. The van der Waals surface area contributed by atoms with E-state index in [9.17, 15) is 4.79 Å². The van der Waals surface area contributed by atoms with E-state index in [2.05, 4.69) is 27.3 Å². The van der Waals surface area contributed by atoms with Crippen molar-refractivity contribution in [1.29, 1.82) is 0 Å². The molecule has 28 heavy (non-hydrogen) atoms. The first-order valence-corrected chi connectivity index (χ1v) is 9.67. The molecule has 0 spiro atoms.